The van der Waals surface area contributed by atoms with Crippen LogP contribution in [0.15, 0.2) is 60.4 Å². The minimum absolute atomic E-state index is 1.08. The third-order valence-electron chi connectivity index (χ3n) is 3.00. The maximum Gasteiger partial charge on any atom is 0.0143 e. The highest BCUT2D eigenvalue weighted by molar-refractivity contribution is 5.39. The first-order valence-corrected chi connectivity index (χ1v) is 6.99. The Morgan fingerprint density at radius 3 is 2.39 bits per heavy atom. The smallest absolute Gasteiger partial charge is 0.0143 e. The molecule has 1 nitrogen and oxygen atoms in total. The number of hydrogen-bond acceptors (Lipinski definition) is 1. The van der Waals surface area contributed by atoms with E-state index in [1.54, 1.807) is 0 Å². The normalized spacial score (nSPS) is 14.2. The topological polar surface area (TPSA) is 3.24 Å². The Labute approximate surface area is 112 Å². The number of nitrogens with zero attached hydrogens (tertiary/aromatic N) is 1. The van der Waals surface area contributed by atoms with Crippen LogP contribution in [0, 0.1) is 0 Å². The molecule has 1 aliphatic rings. The van der Waals surface area contributed by atoms with Crippen molar-refractivity contribution in [3.63, 3.8) is 0 Å². The molecule has 0 saturated carbocycles. The molecule has 0 fully saturated rings. The van der Waals surface area contributed by atoms with Gasteiger partial charge in [-0.25, -0.2) is 0 Å². The Hall–Kier alpha value is -1.50. The zero-order valence-corrected chi connectivity index (χ0v) is 11.7. The van der Waals surface area contributed by atoms with Crippen LogP contribution in [-0.4, -0.2) is 18.0 Å². The Morgan fingerprint density at radius 1 is 1.00 bits per heavy atom. The summed E-state index contributed by atoms with van der Waals surface area (Å²) in [7, 11) is 0. The minimum atomic E-state index is 1.08. The second kappa shape index (κ2) is 9.52. The summed E-state index contributed by atoms with van der Waals surface area (Å²) in [6.45, 7) is 6.51. The molecule has 0 aromatic carbocycles. The van der Waals surface area contributed by atoms with Gasteiger partial charge in [-0.05, 0) is 51.0 Å². The SMILES string of the molecule is CCN(/C=C/C=C/CCCC=C1C=CC=C1)CC. The van der Waals surface area contributed by atoms with Crippen molar-refractivity contribution in [1.82, 2.24) is 4.90 Å². The van der Waals surface area contributed by atoms with Crippen LogP contribution in [0.1, 0.15) is 33.1 Å². The maximum absolute atomic E-state index is 2.31. The third-order valence-corrected chi connectivity index (χ3v) is 3.00. The maximum atomic E-state index is 2.31. The van der Waals surface area contributed by atoms with Crippen molar-refractivity contribution >= 4 is 0 Å². The highest BCUT2D eigenvalue weighted by Gasteiger charge is 1.90. The Bertz CT molecular complexity index is 338. The van der Waals surface area contributed by atoms with Crippen LogP contribution in [0.2, 0.25) is 0 Å². The average molecular weight is 243 g/mol. The molecule has 1 rings (SSSR count). The van der Waals surface area contributed by atoms with Crippen LogP contribution in [0.25, 0.3) is 0 Å². The second-order valence-electron chi connectivity index (χ2n) is 4.34. The van der Waals surface area contributed by atoms with Gasteiger partial charge in [-0.2, -0.15) is 0 Å². The van der Waals surface area contributed by atoms with E-state index in [2.05, 4.69) is 73.6 Å². The summed E-state index contributed by atoms with van der Waals surface area (Å²) < 4.78 is 0. The lowest BCUT2D eigenvalue weighted by atomic mass is 10.1. The van der Waals surface area contributed by atoms with Gasteiger partial charge in [-0.1, -0.05) is 42.5 Å². The number of hydrogen-bond donors (Lipinski definition) is 0. The molecule has 0 heterocycles. The summed E-state index contributed by atoms with van der Waals surface area (Å²) in [4.78, 5) is 2.29. The predicted octanol–water partition coefficient (Wildman–Crippen LogP) is 4.62. The quantitative estimate of drug-likeness (QED) is 0.444. The largest absolute Gasteiger partial charge is 0.378 e. The van der Waals surface area contributed by atoms with Gasteiger partial charge in [0.05, 0.1) is 0 Å². The van der Waals surface area contributed by atoms with Crippen molar-refractivity contribution in [2.75, 3.05) is 13.1 Å². The van der Waals surface area contributed by atoms with Crippen LogP contribution in [-0.2, 0) is 0 Å². The van der Waals surface area contributed by atoms with Crippen molar-refractivity contribution in [1.29, 1.82) is 0 Å². The van der Waals surface area contributed by atoms with Gasteiger partial charge < -0.3 is 4.90 Å². The molecule has 1 aliphatic carbocycles. The predicted molar refractivity (Wildman–Crippen MR) is 81.4 cm³/mol. The molecular weight excluding hydrogens is 218 g/mol. The van der Waals surface area contributed by atoms with Gasteiger partial charge in [0.25, 0.3) is 0 Å². The van der Waals surface area contributed by atoms with Crippen LogP contribution in [0.4, 0.5) is 0 Å². The highest BCUT2D eigenvalue weighted by atomic mass is 15.1. The molecule has 0 N–H and O–H groups in total. The van der Waals surface area contributed by atoms with Gasteiger partial charge >= 0.3 is 0 Å². The van der Waals surface area contributed by atoms with E-state index in [0.717, 1.165) is 25.9 Å². The molecule has 0 spiro atoms. The summed E-state index contributed by atoms with van der Waals surface area (Å²) in [6.07, 6.45) is 23.0. The van der Waals surface area contributed by atoms with Crippen LogP contribution in [0.3, 0.4) is 0 Å². The molecule has 0 aliphatic heterocycles. The molecule has 98 valence electrons. The fourth-order valence-electron chi connectivity index (χ4n) is 1.81. The van der Waals surface area contributed by atoms with E-state index < -0.39 is 0 Å². The monoisotopic (exact) mass is 243 g/mol. The van der Waals surface area contributed by atoms with E-state index in [9.17, 15) is 0 Å². The van der Waals surface area contributed by atoms with Crippen molar-refractivity contribution in [3.8, 4) is 0 Å². The van der Waals surface area contributed by atoms with Gasteiger partial charge in [0.1, 0.15) is 0 Å². The molecule has 0 aromatic heterocycles. The van der Waals surface area contributed by atoms with Gasteiger partial charge in [-0.3, -0.25) is 0 Å². The molecular formula is C17H25N. The standard InChI is InChI=1S/C17H25N/c1-3-18(4-2)16-12-8-6-5-7-9-13-17-14-10-11-15-17/h6,8,10-16H,3-5,7,9H2,1-2H3/b8-6+,16-12+. The van der Waals surface area contributed by atoms with Gasteiger partial charge in [0, 0.05) is 13.1 Å². The summed E-state index contributed by atoms with van der Waals surface area (Å²) in [6, 6.07) is 0. The highest BCUT2D eigenvalue weighted by Crippen LogP contribution is 2.09. The average Bonchev–Trinajstić information content (AvgIpc) is 2.90. The van der Waals surface area contributed by atoms with Gasteiger partial charge in [0.2, 0.25) is 0 Å². The van der Waals surface area contributed by atoms with Crippen LogP contribution in [0.5, 0.6) is 0 Å². The van der Waals surface area contributed by atoms with Gasteiger partial charge in [-0.15, -0.1) is 0 Å². The molecule has 0 aromatic rings. The van der Waals surface area contributed by atoms with Crippen molar-refractivity contribution in [2.45, 2.75) is 33.1 Å². The Balaban J connectivity index is 2.08. The molecule has 0 radical (unpaired) electrons. The number of rotatable bonds is 8. The second-order valence-corrected chi connectivity index (χ2v) is 4.34. The van der Waals surface area contributed by atoms with E-state index in [1.165, 1.54) is 12.0 Å². The molecule has 1 heteroatoms. The van der Waals surface area contributed by atoms with E-state index in [4.69, 9.17) is 0 Å². The fraction of sp³-hybridized carbons (Fsp3) is 0.412. The van der Waals surface area contributed by atoms with Gasteiger partial charge in [0.15, 0.2) is 0 Å². The minimum Gasteiger partial charge on any atom is -0.378 e. The summed E-state index contributed by atoms with van der Waals surface area (Å²) in [5.74, 6) is 0. The molecule has 0 amide bonds. The first-order chi connectivity index (χ1) is 8.86. The molecule has 18 heavy (non-hydrogen) atoms. The van der Waals surface area contributed by atoms with Crippen LogP contribution >= 0.6 is 0 Å². The zero-order valence-electron chi connectivity index (χ0n) is 11.7. The fourth-order valence-corrected chi connectivity index (χ4v) is 1.81. The van der Waals surface area contributed by atoms with E-state index in [-0.39, 0.29) is 0 Å². The van der Waals surface area contributed by atoms with E-state index in [0.29, 0.717) is 0 Å². The Kier molecular flexibility index (Phi) is 7.70. The van der Waals surface area contributed by atoms with Crippen molar-refractivity contribution in [3.05, 3.63) is 60.4 Å². The zero-order chi connectivity index (χ0) is 13.1. The van der Waals surface area contributed by atoms with E-state index >= 15 is 0 Å². The van der Waals surface area contributed by atoms with Crippen molar-refractivity contribution in [2.24, 2.45) is 0 Å². The first kappa shape index (κ1) is 14.6. The summed E-state index contributed by atoms with van der Waals surface area (Å²) >= 11 is 0. The summed E-state index contributed by atoms with van der Waals surface area (Å²) in [5.41, 5.74) is 1.35. The molecule has 0 unspecified atom stereocenters. The lowest BCUT2D eigenvalue weighted by Gasteiger charge is -2.13. The molecule has 0 saturated heterocycles. The number of allylic oxidation sites excluding steroid dienone is 9. The molecule has 0 bridgehead atoms. The third kappa shape index (κ3) is 6.29. The molecule has 0 atom stereocenters. The first-order valence-electron chi connectivity index (χ1n) is 6.99. The summed E-state index contributed by atoms with van der Waals surface area (Å²) in [5, 5.41) is 0. The van der Waals surface area contributed by atoms with Crippen molar-refractivity contribution < 1.29 is 0 Å². The van der Waals surface area contributed by atoms with Crippen LogP contribution < -0.4 is 0 Å². The lowest BCUT2D eigenvalue weighted by Crippen LogP contribution is -2.14. The number of unbranched alkanes of at least 4 members (excludes halogenated alkanes) is 2. The lowest BCUT2D eigenvalue weighted by molar-refractivity contribution is 0.419. The Morgan fingerprint density at radius 2 is 1.72 bits per heavy atom. The van der Waals surface area contributed by atoms with E-state index in [1.807, 2.05) is 0 Å².